The Morgan fingerprint density at radius 2 is 1.56 bits per heavy atom. The minimum Gasteiger partial charge on any atom is -0.457 e. The molecule has 0 heterocycles. The number of anilines is 1. The van der Waals surface area contributed by atoms with Gasteiger partial charge in [-0.05, 0) is 42.8 Å². The van der Waals surface area contributed by atoms with Gasteiger partial charge in [0, 0.05) is 18.8 Å². The zero-order valence-electron chi connectivity index (χ0n) is 10.2. The van der Waals surface area contributed by atoms with Crippen molar-refractivity contribution in [2.75, 3.05) is 18.5 Å². The van der Waals surface area contributed by atoms with Crippen LogP contribution < -0.4 is 10.1 Å². The SMILES string of the molecule is OCCCNc1ccc(Oc2ccccc2)cc1. The largest absolute Gasteiger partial charge is 0.457 e. The molecule has 0 aliphatic rings. The van der Waals surface area contributed by atoms with Crippen molar-refractivity contribution >= 4 is 5.69 Å². The number of hydrogen-bond acceptors (Lipinski definition) is 3. The summed E-state index contributed by atoms with van der Waals surface area (Å²) in [6, 6.07) is 17.5. The van der Waals surface area contributed by atoms with Gasteiger partial charge < -0.3 is 15.2 Å². The van der Waals surface area contributed by atoms with Crippen molar-refractivity contribution in [1.82, 2.24) is 0 Å². The molecular formula is C15H17NO2. The second-order valence-corrected chi connectivity index (χ2v) is 3.94. The highest BCUT2D eigenvalue weighted by Gasteiger charge is 1.96. The van der Waals surface area contributed by atoms with Crippen molar-refractivity contribution in [3.05, 3.63) is 54.6 Å². The van der Waals surface area contributed by atoms with Gasteiger partial charge >= 0.3 is 0 Å². The van der Waals surface area contributed by atoms with Gasteiger partial charge in [-0.15, -0.1) is 0 Å². The van der Waals surface area contributed by atoms with Crippen molar-refractivity contribution < 1.29 is 9.84 Å². The molecule has 3 heteroatoms. The first-order valence-electron chi connectivity index (χ1n) is 6.06. The summed E-state index contributed by atoms with van der Waals surface area (Å²) in [6.45, 7) is 0.984. The molecule has 3 nitrogen and oxygen atoms in total. The van der Waals surface area contributed by atoms with Crippen LogP contribution in [-0.2, 0) is 0 Å². The van der Waals surface area contributed by atoms with Gasteiger partial charge in [-0.3, -0.25) is 0 Å². The fourth-order valence-corrected chi connectivity index (χ4v) is 1.58. The number of aliphatic hydroxyl groups excluding tert-OH is 1. The maximum absolute atomic E-state index is 8.69. The molecule has 0 aliphatic carbocycles. The molecule has 0 unspecified atom stereocenters. The summed E-state index contributed by atoms with van der Waals surface area (Å²) >= 11 is 0. The molecule has 0 bridgehead atoms. The smallest absolute Gasteiger partial charge is 0.127 e. The minimum absolute atomic E-state index is 0.211. The van der Waals surface area contributed by atoms with Crippen LogP contribution in [0.2, 0.25) is 0 Å². The highest BCUT2D eigenvalue weighted by molar-refractivity contribution is 5.47. The minimum atomic E-state index is 0.211. The maximum Gasteiger partial charge on any atom is 0.127 e. The van der Waals surface area contributed by atoms with Gasteiger partial charge in [0.25, 0.3) is 0 Å². The standard InChI is InChI=1S/C15H17NO2/c17-12-4-11-16-13-7-9-15(10-8-13)18-14-5-2-1-3-6-14/h1-3,5-10,16-17H,4,11-12H2. The van der Waals surface area contributed by atoms with Crippen molar-refractivity contribution in [3.63, 3.8) is 0 Å². The Morgan fingerprint density at radius 3 is 2.22 bits per heavy atom. The molecule has 94 valence electrons. The van der Waals surface area contributed by atoms with Crippen LogP contribution in [0.3, 0.4) is 0 Å². The summed E-state index contributed by atoms with van der Waals surface area (Å²) in [5.41, 5.74) is 1.03. The average Bonchev–Trinajstić information content (AvgIpc) is 2.42. The first-order valence-corrected chi connectivity index (χ1v) is 6.06. The van der Waals surface area contributed by atoms with Crippen LogP contribution in [0, 0.1) is 0 Å². The van der Waals surface area contributed by atoms with Gasteiger partial charge in [0.1, 0.15) is 11.5 Å². The topological polar surface area (TPSA) is 41.5 Å². The van der Waals surface area contributed by atoms with E-state index in [1.807, 2.05) is 54.6 Å². The number of ether oxygens (including phenoxy) is 1. The van der Waals surface area contributed by atoms with Crippen LogP contribution in [-0.4, -0.2) is 18.3 Å². The first-order chi connectivity index (χ1) is 8.88. The molecule has 2 rings (SSSR count). The quantitative estimate of drug-likeness (QED) is 0.765. The lowest BCUT2D eigenvalue weighted by Crippen LogP contribution is -2.02. The predicted molar refractivity (Wildman–Crippen MR) is 73.2 cm³/mol. The second-order valence-electron chi connectivity index (χ2n) is 3.94. The Hall–Kier alpha value is -2.00. The van der Waals surface area contributed by atoms with E-state index in [1.165, 1.54) is 0 Å². The fourth-order valence-electron chi connectivity index (χ4n) is 1.58. The van der Waals surface area contributed by atoms with Crippen LogP contribution in [0.1, 0.15) is 6.42 Å². The van der Waals surface area contributed by atoms with E-state index in [4.69, 9.17) is 9.84 Å². The molecule has 0 saturated heterocycles. The average molecular weight is 243 g/mol. The van der Waals surface area contributed by atoms with E-state index in [0.717, 1.165) is 30.2 Å². The highest BCUT2D eigenvalue weighted by Crippen LogP contribution is 2.22. The van der Waals surface area contributed by atoms with Gasteiger partial charge in [0.2, 0.25) is 0 Å². The molecule has 0 aromatic heterocycles. The molecule has 18 heavy (non-hydrogen) atoms. The molecule has 0 spiro atoms. The van der Waals surface area contributed by atoms with E-state index >= 15 is 0 Å². The van der Waals surface area contributed by atoms with Crippen molar-refractivity contribution in [1.29, 1.82) is 0 Å². The van der Waals surface area contributed by atoms with Crippen LogP contribution in [0.15, 0.2) is 54.6 Å². The van der Waals surface area contributed by atoms with Crippen LogP contribution in [0.25, 0.3) is 0 Å². The van der Waals surface area contributed by atoms with E-state index in [1.54, 1.807) is 0 Å². The predicted octanol–water partition coefficient (Wildman–Crippen LogP) is 3.27. The highest BCUT2D eigenvalue weighted by atomic mass is 16.5. The van der Waals surface area contributed by atoms with Crippen molar-refractivity contribution in [2.24, 2.45) is 0 Å². The van der Waals surface area contributed by atoms with Gasteiger partial charge in [-0.2, -0.15) is 0 Å². The Labute approximate surface area is 107 Å². The number of para-hydroxylation sites is 1. The Balaban J connectivity index is 1.91. The molecule has 0 amide bonds. The van der Waals surface area contributed by atoms with Crippen molar-refractivity contribution in [2.45, 2.75) is 6.42 Å². The third-order valence-corrected chi connectivity index (χ3v) is 2.50. The third-order valence-electron chi connectivity index (χ3n) is 2.50. The molecular weight excluding hydrogens is 226 g/mol. The Bertz CT molecular complexity index is 454. The maximum atomic E-state index is 8.69. The lowest BCUT2D eigenvalue weighted by molar-refractivity contribution is 0.292. The zero-order valence-corrected chi connectivity index (χ0v) is 10.2. The van der Waals surface area contributed by atoms with Gasteiger partial charge in [-0.25, -0.2) is 0 Å². The zero-order chi connectivity index (χ0) is 12.6. The molecule has 2 aromatic carbocycles. The number of benzene rings is 2. The molecule has 2 N–H and O–H groups in total. The Kier molecular flexibility index (Phi) is 4.61. The molecule has 0 fully saturated rings. The van der Waals surface area contributed by atoms with E-state index in [2.05, 4.69) is 5.32 Å². The Morgan fingerprint density at radius 1 is 0.889 bits per heavy atom. The van der Waals surface area contributed by atoms with Gasteiger partial charge in [0.05, 0.1) is 0 Å². The van der Waals surface area contributed by atoms with Crippen LogP contribution in [0.4, 0.5) is 5.69 Å². The monoisotopic (exact) mass is 243 g/mol. The molecule has 0 saturated carbocycles. The fraction of sp³-hybridized carbons (Fsp3) is 0.200. The third kappa shape index (κ3) is 3.79. The first kappa shape index (κ1) is 12.5. The molecule has 2 aromatic rings. The molecule has 0 aliphatic heterocycles. The van der Waals surface area contributed by atoms with E-state index in [0.29, 0.717) is 0 Å². The summed E-state index contributed by atoms with van der Waals surface area (Å²) < 4.78 is 5.69. The van der Waals surface area contributed by atoms with Crippen LogP contribution >= 0.6 is 0 Å². The van der Waals surface area contributed by atoms with Crippen LogP contribution in [0.5, 0.6) is 11.5 Å². The molecule has 0 atom stereocenters. The van der Waals surface area contributed by atoms with Gasteiger partial charge in [-0.1, -0.05) is 18.2 Å². The summed E-state index contributed by atoms with van der Waals surface area (Å²) in [6.07, 6.45) is 0.752. The normalized spacial score (nSPS) is 10.1. The summed E-state index contributed by atoms with van der Waals surface area (Å²) in [4.78, 5) is 0. The second kappa shape index (κ2) is 6.67. The lowest BCUT2D eigenvalue weighted by atomic mass is 10.3. The van der Waals surface area contributed by atoms with E-state index in [-0.39, 0.29) is 6.61 Å². The lowest BCUT2D eigenvalue weighted by Gasteiger charge is -2.08. The number of nitrogens with one attached hydrogen (secondary N) is 1. The summed E-state index contributed by atoms with van der Waals surface area (Å²) in [5.74, 6) is 1.65. The van der Waals surface area contributed by atoms with E-state index in [9.17, 15) is 0 Å². The summed E-state index contributed by atoms with van der Waals surface area (Å²) in [7, 11) is 0. The van der Waals surface area contributed by atoms with Crippen molar-refractivity contribution in [3.8, 4) is 11.5 Å². The molecule has 0 radical (unpaired) electrons. The van der Waals surface area contributed by atoms with E-state index < -0.39 is 0 Å². The summed E-state index contributed by atoms with van der Waals surface area (Å²) in [5, 5.41) is 11.9. The number of aliphatic hydroxyl groups is 1. The van der Waals surface area contributed by atoms with Gasteiger partial charge in [0.15, 0.2) is 0 Å². The number of rotatable bonds is 6. The number of hydrogen-bond donors (Lipinski definition) is 2.